The number of alkyl halides is 3. The zero-order valence-electron chi connectivity index (χ0n) is 11.6. The summed E-state index contributed by atoms with van der Waals surface area (Å²) in [6.07, 6.45) is -2.84. The van der Waals surface area contributed by atoms with Crippen molar-refractivity contribution in [3.05, 3.63) is 64.2 Å². The molecule has 114 valence electrons. The Labute approximate surface area is 123 Å². The molecule has 0 N–H and O–H groups in total. The number of hydrogen-bond acceptors (Lipinski definition) is 2. The van der Waals surface area contributed by atoms with Crippen LogP contribution in [0.2, 0.25) is 0 Å². The fourth-order valence-corrected chi connectivity index (χ4v) is 2.41. The average Bonchev–Trinajstić information content (AvgIpc) is 2.72. The van der Waals surface area contributed by atoms with E-state index in [1.165, 1.54) is 15.2 Å². The van der Waals surface area contributed by atoms with Gasteiger partial charge in [-0.15, -0.1) is 0 Å². The fourth-order valence-electron chi connectivity index (χ4n) is 2.41. The Balaban J connectivity index is 2.08. The van der Waals surface area contributed by atoms with E-state index in [2.05, 4.69) is 4.98 Å². The highest BCUT2D eigenvalue weighted by atomic mass is 19.4. The molecule has 3 aromatic rings. The van der Waals surface area contributed by atoms with Crippen molar-refractivity contribution >= 4 is 11.2 Å². The van der Waals surface area contributed by atoms with Crippen LogP contribution in [0, 0.1) is 0 Å². The van der Waals surface area contributed by atoms with Crippen molar-refractivity contribution in [3.8, 4) is 0 Å². The highest BCUT2D eigenvalue weighted by Crippen LogP contribution is 2.29. The van der Waals surface area contributed by atoms with E-state index in [4.69, 9.17) is 0 Å². The van der Waals surface area contributed by atoms with Crippen LogP contribution in [0.5, 0.6) is 0 Å². The van der Waals surface area contributed by atoms with E-state index < -0.39 is 11.7 Å². The molecule has 0 aliphatic heterocycles. The number of fused-ring (bicyclic) bond motifs is 1. The van der Waals surface area contributed by atoms with Gasteiger partial charge in [-0.3, -0.25) is 9.13 Å². The van der Waals surface area contributed by atoms with Crippen LogP contribution in [0.25, 0.3) is 11.2 Å². The van der Waals surface area contributed by atoms with Gasteiger partial charge in [-0.1, -0.05) is 12.1 Å². The number of aromatic nitrogens is 3. The quantitative estimate of drug-likeness (QED) is 0.730. The molecule has 7 heteroatoms. The maximum absolute atomic E-state index is 12.8. The summed E-state index contributed by atoms with van der Waals surface area (Å²) < 4.78 is 41.1. The number of benzene rings is 1. The van der Waals surface area contributed by atoms with E-state index in [1.54, 1.807) is 31.4 Å². The van der Waals surface area contributed by atoms with E-state index >= 15 is 0 Å². The first-order valence-electron chi connectivity index (χ1n) is 6.54. The van der Waals surface area contributed by atoms with E-state index in [9.17, 15) is 18.0 Å². The molecule has 4 nitrogen and oxygen atoms in total. The molecule has 0 radical (unpaired) electrons. The van der Waals surface area contributed by atoms with E-state index in [0.717, 1.165) is 12.1 Å². The second-order valence-electron chi connectivity index (χ2n) is 4.97. The monoisotopic (exact) mass is 307 g/mol. The van der Waals surface area contributed by atoms with Gasteiger partial charge in [-0.2, -0.15) is 13.2 Å². The van der Waals surface area contributed by atoms with E-state index in [0.29, 0.717) is 16.7 Å². The Morgan fingerprint density at radius 1 is 1.18 bits per heavy atom. The van der Waals surface area contributed by atoms with Gasteiger partial charge in [0.25, 0.3) is 0 Å². The third-order valence-corrected chi connectivity index (χ3v) is 3.49. The lowest BCUT2D eigenvalue weighted by molar-refractivity contribution is -0.137. The molecule has 0 bridgehead atoms. The van der Waals surface area contributed by atoms with Gasteiger partial charge in [0.05, 0.1) is 17.6 Å². The zero-order valence-corrected chi connectivity index (χ0v) is 11.6. The van der Waals surface area contributed by atoms with Gasteiger partial charge in [0, 0.05) is 13.2 Å². The smallest absolute Gasteiger partial charge is 0.286 e. The Kier molecular flexibility index (Phi) is 3.27. The lowest BCUT2D eigenvalue weighted by atomic mass is 10.1. The summed E-state index contributed by atoms with van der Waals surface area (Å²) in [5.74, 6) is 0. The summed E-state index contributed by atoms with van der Waals surface area (Å²) in [6, 6.07) is 8.38. The lowest BCUT2D eigenvalue weighted by Crippen LogP contribution is -2.22. The SMILES string of the molecule is Cn1c(=O)n(Cc2cccc(C(F)(F)F)c2)c2cccnc21. The van der Waals surface area contributed by atoms with Crippen LogP contribution in [0.4, 0.5) is 13.2 Å². The van der Waals surface area contributed by atoms with Crippen LogP contribution < -0.4 is 5.69 Å². The minimum absolute atomic E-state index is 0.0613. The molecule has 0 saturated carbocycles. The molecule has 0 aliphatic carbocycles. The minimum Gasteiger partial charge on any atom is -0.286 e. The summed E-state index contributed by atoms with van der Waals surface area (Å²) in [5.41, 5.74) is 0.461. The normalized spacial score (nSPS) is 12.0. The van der Waals surface area contributed by atoms with Crippen molar-refractivity contribution in [2.24, 2.45) is 7.05 Å². The maximum Gasteiger partial charge on any atom is 0.416 e. The second-order valence-corrected chi connectivity index (χ2v) is 4.97. The summed E-state index contributed by atoms with van der Waals surface area (Å²) in [4.78, 5) is 16.4. The Morgan fingerprint density at radius 3 is 2.68 bits per heavy atom. The predicted octanol–water partition coefficient (Wildman–Crippen LogP) is 2.80. The summed E-state index contributed by atoms with van der Waals surface area (Å²) in [7, 11) is 1.58. The lowest BCUT2D eigenvalue weighted by Gasteiger charge is -2.09. The van der Waals surface area contributed by atoms with Crippen molar-refractivity contribution in [2.75, 3.05) is 0 Å². The third kappa shape index (κ3) is 2.38. The molecule has 0 spiro atoms. The van der Waals surface area contributed by atoms with E-state index in [-0.39, 0.29) is 12.2 Å². The van der Waals surface area contributed by atoms with Gasteiger partial charge in [0.2, 0.25) is 0 Å². The molecule has 0 atom stereocenters. The highest BCUT2D eigenvalue weighted by molar-refractivity contribution is 5.71. The number of nitrogens with zero attached hydrogens (tertiary/aromatic N) is 3. The van der Waals surface area contributed by atoms with Crippen LogP contribution in [0.1, 0.15) is 11.1 Å². The average molecular weight is 307 g/mol. The summed E-state index contributed by atoms with van der Waals surface area (Å²) in [6.45, 7) is 0.0613. The number of hydrogen-bond donors (Lipinski definition) is 0. The van der Waals surface area contributed by atoms with Crippen molar-refractivity contribution in [3.63, 3.8) is 0 Å². The van der Waals surface area contributed by atoms with Crippen LogP contribution in [0.15, 0.2) is 47.4 Å². The standard InChI is InChI=1S/C15H12F3N3O/c1-20-13-12(6-3-7-19-13)21(14(20)22)9-10-4-2-5-11(8-10)15(16,17)18/h2-8H,9H2,1H3. The molecule has 2 heterocycles. The fraction of sp³-hybridized carbons (Fsp3) is 0.200. The highest BCUT2D eigenvalue weighted by Gasteiger charge is 2.30. The molecule has 2 aromatic heterocycles. The second kappa shape index (κ2) is 5.01. The molecule has 3 rings (SSSR count). The molecule has 1 aromatic carbocycles. The summed E-state index contributed by atoms with van der Waals surface area (Å²) in [5, 5.41) is 0. The van der Waals surface area contributed by atoms with Gasteiger partial charge >= 0.3 is 11.9 Å². The van der Waals surface area contributed by atoms with Crippen LogP contribution in [-0.2, 0) is 19.8 Å². The van der Waals surface area contributed by atoms with Crippen LogP contribution >= 0.6 is 0 Å². The van der Waals surface area contributed by atoms with Crippen LogP contribution in [-0.4, -0.2) is 14.1 Å². The van der Waals surface area contributed by atoms with Crippen LogP contribution in [0.3, 0.4) is 0 Å². The van der Waals surface area contributed by atoms with Gasteiger partial charge in [0.15, 0.2) is 5.65 Å². The van der Waals surface area contributed by atoms with Crippen molar-refractivity contribution < 1.29 is 13.2 Å². The maximum atomic E-state index is 12.8. The molecule has 0 aliphatic rings. The first-order chi connectivity index (χ1) is 10.4. The number of imidazole rings is 1. The van der Waals surface area contributed by atoms with E-state index in [1.807, 2.05) is 0 Å². The molecule has 0 saturated heterocycles. The van der Waals surface area contributed by atoms with Gasteiger partial charge in [-0.05, 0) is 29.8 Å². The largest absolute Gasteiger partial charge is 0.416 e. The van der Waals surface area contributed by atoms with Crippen molar-refractivity contribution in [1.82, 2.24) is 14.1 Å². The molecule has 0 amide bonds. The Morgan fingerprint density at radius 2 is 1.95 bits per heavy atom. The minimum atomic E-state index is -4.40. The molecular formula is C15H12F3N3O. The van der Waals surface area contributed by atoms with Gasteiger partial charge < -0.3 is 0 Å². The number of pyridine rings is 1. The Bertz CT molecular complexity index is 893. The molecule has 0 unspecified atom stereocenters. The van der Waals surface area contributed by atoms with Crippen molar-refractivity contribution in [2.45, 2.75) is 12.7 Å². The third-order valence-electron chi connectivity index (χ3n) is 3.49. The van der Waals surface area contributed by atoms with Gasteiger partial charge in [-0.25, -0.2) is 9.78 Å². The van der Waals surface area contributed by atoms with Gasteiger partial charge in [0.1, 0.15) is 0 Å². The summed E-state index contributed by atoms with van der Waals surface area (Å²) >= 11 is 0. The topological polar surface area (TPSA) is 39.8 Å². The van der Waals surface area contributed by atoms with Crippen molar-refractivity contribution in [1.29, 1.82) is 0 Å². The predicted molar refractivity (Wildman–Crippen MR) is 75.5 cm³/mol. The molecule has 0 fully saturated rings. The first-order valence-corrected chi connectivity index (χ1v) is 6.54. The molecule has 22 heavy (non-hydrogen) atoms. The molecular weight excluding hydrogens is 295 g/mol. The Hall–Kier alpha value is -2.57. The number of rotatable bonds is 2. The first kappa shape index (κ1) is 14.4. The zero-order chi connectivity index (χ0) is 15.9. The number of aryl methyl sites for hydroxylation is 1. The number of halogens is 3.